The molecule has 0 radical (unpaired) electrons. The summed E-state index contributed by atoms with van der Waals surface area (Å²) in [6.45, 7) is 2.74. The Morgan fingerprint density at radius 2 is 1.77 bits per heavy atom. The molecule has 2 aromatic carbocycles. The van der Waals surface area contributed by atoms with Crippen LogP contribution in [0.5, 0.6) is 0 Å². The fraction of sp³-hybridized carbons (Fsp3) is 0.348. The smallest absolute Gasteiger partial charge is 0.286 e. The van der Waals surface area contributed by atoms with Crippen LogP contribution in [0.1, 0.15) is 35.4 Å². The van der Waals surface area contributed by atoms with Crippen molar-refractivity contribution in [3.63, 3.8) is 0 Å². The maximum Gasteiger partial charge on any atom is 0.286 e. The van der Waals surface area contributed by atoms with Crippen LogP contribution in [0, 0.1) is 6.92 Å². The third kappa shape index (κ3) is 1.97. The Labute approximate surface area is 178 Å². The molecule has 6 rings (SSSR count). The summed E-state index contributed by atoms with van der Waals surface area (Å²) in [4.78, 5) is 41.9. The van der Waals surface area contributed by atoms with Crippen molar-refractivity contribution in [2.75, 3.05) is 11.9 Å². The quantitative estimate of drug-likeness (QED) is 0.743. The molecule has 4 atom stereocenters. The van der Waals surface area contributed by atoms with Crippen LogP contribution in [0.25, 0.3) is 0 Å². The van der Waals surface area contributed by atoms with Gasteiger partial charge in [0.2, 0.25) is 11.8 Å². The van der Waals surface area contributed by atoms with E-state index >= 15 is 0 Å². The van der Waals surface area contributed by atoms with E-state index in [9.17, 15) is 14.4 Å². The van der Waals surface area contributed by atoms with E-state index in [-0.39, 0.29) is 23.1 Å². The number of fused-ring (bicyclic) bond motifs is 5. The summed E-state index contributed by atoms with van der Waals surface area (Å²) in [5, 5.41) is 5.30. The van der Waals surface area contributed by atoms with E-state index in [1.54, 1.807) is 0 Å². The van der Waals surface area contributed by atoms with Gasteiger partial charge in [0.1, 0.15) is 10.3 Å². The van der Waals surface area contributed by atoms with Crippen molar-refractivity contribution in [2.45, 2.75) is 42.0 Å². The number of aryl methyl sites for hydroxylation is 1. The maximum absolute atomic E-state index is 13.8. The number of nitrogens with one attached hydrogen (secondary N) is 2. The first-order chi connectivity index (χ1) is 14.5. The predicted molar refractivity (Wildman–Crippen MR) is 114 cm³/mol. The summed E-state index contributed by atoms with van der Waals surface area (Å²) in [5.74, 6) is -0.851. The lowest BCUT2D eigenvalue weighted by Gasteiger charge is -2.38. The van der Waals surface area contributed by atoms with Gasteiger partial charge in [0.05, 0.1) is 0 Å². The highest BCUT2D eigenvalue weighted by atomic mass is 32.2. The molecule has 3 saturated heterocycles. The Kier molecular flexibility index (Phi) is 3.60. The number of imide groups is 1. The standard InChI is InChI=1S/C23H21N3O3S/c1-13-8-10-14(11-9-13)18-22(15-5-2-3-6-16(15)24-19(22)27)26-12-4-7-17(26)23(18)20(28)25-21(29)30-23/h2-3,5-6,8-11,17-18H,4,7,12H2,1H3,(H,24,27)(H,25,28,29)/t17?,18-,22-,23+/m1/s1. The minimum Gasteiger partial charge on any atom is -0.324 e. The van der Waals surface area contributed by atoms with Gasteiger partial charge in [-0.1, -0.05) is 48.0 Å². The van der Waals surface area contributed by atoms with Gasteiger partial charge in [0.15, 0.2) is 0 Å². The fourth-order valence-electron chi connectivity index (χ4n) is 6.21. The molecule has 6 nitrogen and oxygen atoms in total. The van der Waals surface area contributed by atoms with Crippen LogP contribution in [0.2, 0.25) is 0 Å². The third-order valence-corrected chi connectivity index (χ3v) is 8.54. The average molecular weight is 420 g/mol. The summed E-state index contributed by atoms with van der Waals surface area (Å²) >= 11 is 1.08. The molecule has 2 aromatic rings. The van der Waals surface area contributed by atoms with Gasteiger partial charge < -0.3 is 5.32 Å². The summed E-state index contributed by atoms with van der Waals surface area (Å²) in [7, 11) is 0. The van der Waals surface area contributed by atoms with Crippen molar-refractivity contribution in [2.24, 2.45) is 0 Å². The van der Waals surface area contributed by atoms with Crippen LogP contribution in [0.3, 0.4) is 0 Å². The summed E-state index contributed by atoms with van der Waals surface area (Å²) in [6.07, 6.45) is 1.68. The highest BCUT2D eigenvalue weighted by Crippen LogP contribution is 2.67. The van der Waals surface area contributed by atoms with Gasteiger partial charge in [0.25, 0.3) is 5.24 Å². The minimum absolute atomic E-state index is 0.106. The Bertz CT molecular complexity index is 1120. The lowest BCUT2D eigenvalue weighted by molar-refractivity contribution is -0.127. The first kappa shape index (κ1) is 18.2. The number of rotatable bonds is 1. The molecular weight excluding hydrogens is 398 g/mol. The van der Waals surface area contributed by atoms with Gasteiger partial charge in [-0.25, -0.2) is 0 Å². The Hall–Kier alpha value is -2.64. The summed E-state index contributed by atoms with van der Waals surface area (Å²) in [6, 6.07) is 15.6. The Morgan fingerprint density at radius 1 is 1.00 bits per heavy atom. The normalized spacial score (nSPS) is 34.5. The van der Waals surface area contributed by atoms with E-state index in [4.69, 9.17) is 0 Å². The number of para-hydroxylation sites is 1. The molecule has 0 aliphatic carbocycles. The predicted octanol–water partition coefficient (Wildman–Crippen LogP) is 3.13. The molecule has 2 N–H and O–H groups in total. The second kappa shape index (κ2) is 5.95. The van der Waals surface area contributed by atoms with Gasteiger partial charge in [-0.2, -0.15) is 0 Å². The van der Waals surface area contributed by atoms with Crippen molar-refractivity contribution in [1.82, 2.24) is 10.2 Å². The number of nitrogens with zero attached hydrogens (tertiary/aromatic N) is 1. The van der Waals surface area contributed by atoms with Crippen molar-refractivity contribution in [3.05, 3.63) is 65.2 Å². The van der Waals surface area contributed by atoms with Crippen molar-refractivity contribution >= 4 is 34.5 Å². The van der Waals surface area contributed by atoms with E-state index in [2.05, 4.69) is 15.5 Å². The third-order valence-electron chi connectivity index (χ3n) is 7.22. The van der Waals surface area contributed by atoms with E-state index in [0.717, 1.165) is 53.5 Å². The van der Waals surface area contributed by atoms with Crippen LogP contribution < -0.4 is 10.6 Å². The van der Waals surface area contributed by atoms with Crippen molar-refractivity contribution < 1.29 is 14.4 Å². The molecule has 7 heteroatoms. The molecular formula is C23H21N3O3S. The van der Waals surface area contributed by atoms with Gasteiger partial charge in [-0.05, 0) is 49.7 Å². The monoisotopic (exact) mass is 419 g/mol. The van der Waals surface area contributed by atoms with Crippen LogP contribution in [0.15, 0.2) is 48.5 Å². The van der Waals surface area contributed by atoms with E-state index in [1.807, 2.05) is 55.5 Å². The van der Waals surface area contributed by atoms with Crippen LogP contribution in [0.4, 0.5) is 10.5 Å². The molecule has 4 aliphatic heterocycles. The van der Waals surface area contributed by atoms with Crippen molar-refractivity contribution in [1.29, 1.82) is 0 Å². The number of carbonyl (C=O) groups is 3. The van der Waals surface area contributed by atoms with Gasteiger partial charge in [-0.15, -0.1) is 0 Å². The summed E-state index contributed by atoms with van der Waals surface area (Å²) < 4.78 is -1.03. The highest BCUT2D eigenvalue weighted by molar-refractivity contribution is 8.16. The Morgan fingerprint density at radius 3 is 2.50 bits per heavy atom. The molecule has 30 heavy (non-hydrogen) atoms. The molecule has 0 aromatic heterocycles. The van der Waals surface area contributed by atoms with E-state index < -0.39 is 16.2 Å². The molecule has 3 amide bonds. The zero-order chi connectivity index (χ0) is 20.7. The van der Waals surface area contributed by atoms with E-state index in [0.29, 0.717) is 0 Å². The second-order valence-electron chi connectivity index (χ2n) is 8.60. The second-order valence-corrected chi connectivity index (χ2v) is 9.85. The van der Waals surface area contributed by atoms with E-state index in [1.165, 1.54) is 0 Å². The Balaban J connectivity index is 1.70. The minimum atomic E-state index is -1.03. The topological polar surface area (TPSA) is 78.5 Å². The molecule has 0 bridgehead atoms. The van der Waals surface area contributed by atoms with Crippen LogP contribution in [-0.4, -0.2) is 39.3 Å². The number of thioether (sulfide) groups is 1. The molecule has 2 spiro atoms. The molecule has 1 unspecified atom stereocenters. The van der Waals surface area contributed by atoms with Crippen molar-refractivity contribution in [3.8, 4) is 0 Å². The van der Waals surface area contributed by atoms with Gasteiger partial charge in [-0.3, -0.25) is 24.6 Å². The lowest BCUT2D eigenvalue weighted by Crippen LogP contribution is -2.51. The number of anilines is 1. The SMILES string of the molecule is Cc1ccc([C@H]2[C@@]3(SC(=O)NC3=O)C3CCCN3[C@@]23C(=O)Nc2ccccc23)cc1. The molecule has 0 saturated carbocycles. The number of carbonyl (C=O) groups excluding carboxylic acids is 3. The number of hydrogen-bond donors (Lipinski definition) is 2. The molecule has 4 heterocycles. The molecule has 4 aliphatic rings. The molecule has 152 valence electrons. The zero-order valence-corrected chi connectivity index (χ0v) is 17.3. The number of hydrogen-bond acceptors (Lipinski definition) is 5. The summed E-state index contributed by atoms with van der Waals surface area (Å²) in [5.41, 5.74) is 2.70. The number of benzene rings is 2. The first-order valence-electron chi connectivity index (χ1n) is 10.3. The highest BCUT2D eigenvalue weighted by Gasteiger charge is 2.77. The van der Waals surface area contributed by atoms with Gasteiger partial charge in [0, 0.05) is 23.2 Å². The largest absolute Gasteiger partial charge is 0.324 e. The number of amides is 3. The van der Waals surface area contributed by atoms with Gasteiger partial charge >= 0.3 is 0 Å². The maximum atomic E-state index is 13.8. The average Bonchev–Trinajstić information content (AvgIpc) is 3.43. The lowest BCUT2D eigenvalue weighted by atomic mass is 9.69. The zero-order valence-electron chi connectivity index (χ0n) is 16.5. The van der Waals surface area contributed by atoms with Crippen LogP contribution >= 0.6 is 11.8 Å². The first-order valence-corrected chi connectivity index (χ1v) is 11.1. The van der Waals surface area contributed by atoms with Crippen LogP contribution in [-0.2, 0) is 15.1 Å². The fourth-order valence-corrected chi connectivity index (χ4v) is 7.61. The molecule has 3 fully saturated rings.